The van der Waals surface area contributed by atoms with Gasteiger partial charge in [0.1, 0.15) is 0 Å². The fourth-order valence-corrected chi connectivity index (χ4v) is 5.67. The molecule has 0 saturated carbocycles. The average Bonchev–Trinajstić information content (AvgIpc) is 2.45. The average molecular weight is 432 g/mol. The highest BCUT2D eigenvalue weighted by molar-refractivity contribution is 7.92. The maximum atomic E-state index is 12.8. The quantitative estimate of drug-likeness (QED) is 0.688. The van der Waals surface area contributed by atoms with Gasteiger partial charge in [-0.1, -0.05) is 13.8 Å². The van der Waals surface area contributed by atoms with Crippen molar-refractivity contribution in [2.24, 2.45) is 11.8 Å². The number of carbonyl (C=O) groups is 1. The molecule has 9 heteroatoms. The molecule has 156 valence electrons. The summed E-state index contributed by atoms with van der Waals surface area (Å²) in [6.45, 7) is 10.5. The highest BCUT2D eigenvalue weighted by Crippen LogP contribution is 2.28. The molecule has 0 aromatic carbocycles. The van der Waals surface area contributed by atoms with E-state index in [4.69, 9.17) is 0 Å². The van der Waals surface area contributed by atoms with E-state index in [0.29, 0.717) is 37.8 Å². The number of rotatable bonds is 5. The molecule has 0 radical (unpaired) electrons. The van der Waals surface area contributed by atoms with Crippen LogP contribution in [0.1, 0.15) is 40.0 Å². The summed E-state index contributed by atoms with van der Waals surface area (Å²) in [7, 11) is -3.45. The standard InChI is InChI=1S/C17H33N3O3S.2ClH/c1-13-9-14(2)11-20(10-13)12-15(3)19-16(21)17(24(4,22)23)5-7-18-8-6-17;;/h13-15,18H,5-12H2,1-4H3,(H,19,21);2*1H. The van der Waals surface area contributed by atoms with Crippen LogP contribution in [0.4, 0.5) is 0 Å². The van der Waals surface area contributed by atoms with Gasteiger partial charge >= 0.3 is 0 Å². The molecule has 0 spiro atoms. The largest absolute Gasteiger partial charge is 0.351 e. The Bertz CT molecular complexity index is 543. The minimum atomic E-state index is -3.45. The molecule has 1 amide bonds. The minimum absolute atomic E-state index is 0. The molecular formula is C17H35Cl2N3O3S. The molecule has 2 fully saturated rings. The van der Waals surface area contributed by atoms with Crippen LogP contribution >= 0.6 is 24.8 Å². The Balaban J connectivity index is 0.00000312. The molecule has 6 nitrogen and oxygen atoms in total. The molecule has 2 N–H and O–H groups in total. The zero-order valence-corrected chi connectivity index (χ0v) is 18.7. The molecule has 2 saturated heterocycles. The van der Waals surface area contributed by atoms with Gasteiger partial charge in [-0.3, -0.25) is 4.79 Å². The first-order chi connectivity index (χ1) is 11.1. The van der Waals surface area contributed by atoms with Gasteiger partial charge in [0.2, 0.25) is 5.91 Å². The van der Waals surface area contributed by atoms with Crippen molar-refractivity contribution in [3.05, 3.63) is 0 Å². The Hall–Kier alpha value is -0.0800. The lowest BCUT2D eigenvalue weighted by Crippen LogP contribution is -2.59. The van der Waals surface area contributed by atoms with Crippen molar-refractivity contribution < 1.29 is 13.2 Å². The van der Waals surface area contributed by atoms with Gasteiger partial charge in [0.25, 0.3) is 0 Å². The fraction of sp³-hybridized carbons (Fsp3) is 0.941. The van der Waals surface area contributed by atoms with E-state index >= 15 is 0 Å². The number of piperidine rings is 2. The van der Waals surface area contributed by atoms with Gasteiger partial charge < -0.3 is 15.5 Å². The zero-order chi connectivity index (χ0) is 18.0. The monoisotopic (exact) mass is 431 g/mol. The van der Waals surface area contributed by atoms with Crippen LogP contribution in [0.25, 0.3) is 0 Å². The van der Waals surface area contributed by atoms with Crippen LogP contribution in [0, 0.1) is 11.8 Å². The Labute approximate surface area is 171 Å². The van der Waals surface area contributed by atoms with Gasteiger partial charge in [-0.25, -0.2) is 8.42 Å². The maximum absolute atomic E-state index is 12.8. The van der Waals surface area contributed by atoms with E-state index in [1.54, 1.807) is 0 Å². The minimum Gasteiger partial charge on any atom is -0.351 e. The summed E-state index contributed by atoms with van der Waals surface area (Å²) in [5.74, 6) is 1.02. The first-order valence-corrected chi connectivity index (χ1v) is 11.0. The third-order valence-corrected chi connectivity index (χ3v) is 7.40. The van der Waals surface area contributed by atoms with Crippen LogP contribution in [0.3, 0.4) is 0 Å². The van der Waals surface area contributed by atoms with Crippen molar-refractivity contribution in [2.75, 3.05) is 39.0 Å². The predicted molar refractivity (Wildman–Crippen MR) is 111 cm³/mol. The van der Waals surface area contributed by atoms with Gasteiger partial charge in [-0.2, -0.15) is 0 Å². The van der Waals surface area contributed by atoms with E-state index in [1.165, 1.54) is 12.7 Å². The lowest BCUT2D eigenvalue weighted by Gasteiger charge is -2.38. The summed E-state index contributed by atoms with van der Waals surface area (Å²) in [6.07, 6.45) is 3.14. The molecule has 2 aliphatic heterocycles. The molecule has 3 unspecified atom stereocenters. The van der Waals surface area contributed by atoms with E-state index in [-0.39, 0.29) is 36.8 Å². The summed E-state index contributed by atoms with van der Waals surface area (Å²) in [5.41, 5.74) is 0. The smallest absolute Gasteiger partial charge is 0.241 e. The lowest BCUT2D eigenvalue weighted by molar-refractivity contribution is -0.125. The van der Waals surface area contributed by atoms with Crippen molar-refractivity contribution in [3.63, 3.8) is 0 Å². The summed E-state index contributed by atoms with van der Waals surface area (Å²) in [4.78, 5) is 15.2. The molecule has 2 aliphatic rings. The van der Waals surface area contributed by atoms with E-state index < -0.39 is 14.6 Å². The Morgan fingerprint density at radius 2 is 1.69 bits per heavy atom. The van der Waals surface area contributed by atoms with Gasteiger partial charge in [0.15, 0.2) is 14.6 Å². The number of hydrogen-bond acceptors (Lipinski definition) is 5. The number of hydrogen-bond donors (Lipinski definition) is 2. The molecule has 3 atom stereocenters. The van der Waals surface area contributed by atoms with Crippen LogP contribution in [0.15, 0.2) is 0 Å². The third-order valence-electron chi connectivity index (χ3n) is 5.39. The third kappa shape index (κ3) is 6.23. The van der Waals surface area contributed by atoms with Crippen molar-refractivity contribution in [3.8, 4) is 0 Å². The zero-order valence-electron chi connectivity index (χ0n) is 16.3. The van der Waals surface area contributed by atoms with Gasteiger partial charge in [0.05, 0.1) is 0 Å². The fourth-order valence-electron chi connectivity index (χ4n) is 4.33. The topological polar surface area (TPSA) is 78.5 Å². The number of sulfone groups is 1. The van der Waals surface area contributed by atoms with Crippen LogP contribution in [0.2, 0.25) is 0 Å². The summed E-state index contributed by atoms with van der Waals surface area (Å²) >= 11 is 0. The molecule has 0 bridgehead atoms. The number of nitrogens with one attached hydrogen (secondary N) is 2. The Kier molecular flexibility index (Phi) is 10.4. The normalized spacial score (nSPS) is 27.5. The van der Waals surface area contributed by atoms with Crippen molar-refractivity contribution in [1.82, 2.24) is 15.5 Å². The Morgan fingerprint density at radius 1 is 1.19 bits per heavy atom. The molecule has 26 heavy (non-hydrogen) atoms. The van der Waals surface area contributed by atoms with E-state index in [2.05, 4.69) is 29.4 Å². The van der Waals surface area contributed by atoms with Crippen LogP contribution < -0.4 is 10.6 Å². The predicted octanol–water partition coefficient (Wildman–Crippen LogP) is 1.48. The number of carbonyl (C=O) groups excluding carboxylic acids is 1. The van der Waals surface area contributed by atoms with E-state index in [9.17, 15) is 13.2 Å². The summed E-state index contributed by atoms with van der Waals surface area (Å²) < 4.78 is 23.3. The van der Waals surface area contributed by atoms with Crippen molar-refractivity contribution in [1.29, 1.82) is 0 Å². The van der Waals surface area contributed by atoms with Crippen LogP contribution in [-0.2, 0) is 14.6 Å². The summed E-state index contributed by atoms with van der Waals surface area (Å²) in [5, 5.41) is 6.13. The summed E-state index contributed by atoms with van der Waals surface area (Å²) in [6, 6.07) is -0.0523. The van der Waals surface area contributed by atoms with Crippen molar-refractivity contribution in [2.45, 2.75) is 50.8 Å². The molecule has 0 aromatic heterocycles. The second kappa shape index (κ2) is 10.5. The number of nitrogens with zero attached hydrogens (tertiary/aromatic N) is 1. The van der Waals surface area contributed by atoms with Gasteiger partial charge in [-0.05, 0) is 51.1 Å². The maximum Gasteiger partial charge on any atom is 0.241 e. The number of halogens is 2. The Morgan fingerprint density at radius 3 is 2.15 bits per heavy atom. The highest BCUT2D eigenvalue weighted by Gasteiger charge is 2.48. The second-order valence-corrected chi connectivity index (χ2v) is 10.4. The van der Waals surface area contributed by atoms with Crippen LogP contribution in [-0.4, -0.2) is 69.0 Å². The van der Waals surface area contributed by atoms with E-state index in [1.807, 2.05) is 6.92 Å². The highest BCUT2D eigenvalue weighted by atomic mass is 35.5. The molecule has 2 heterocycles. The van der Waals surface area contributed by atoms with E-state index in [0.717, 1.165) is 19.6 Å². The number of amides is 1. The molecular weight excluding hydrogens is 397 g/mol. The van der Waals surface area contributed by atoms with Crippen molar-refractivity contribution >= 4 is 40.6 Å². The number of likely N-dealkylation sites (tertiary alicyclic amines) is 1. The van der Waals surface area contributed by atoms with Gasteiger partial charge in [0, 0.05) is 31.9 Å². The first kappa shape index (κ1) is 25.9. The van der Waals surface area contributed by atoms with Gasteiger partial charge in [-0.15, -0.1) is 24.8 Å². The lowest BCUT2D eigenvalue weighted by atomic mass is 9.91. The second-order valence-electron chi connectivity index (χ2n) is 8.06. The first-order valence-electron chi connectivity index (χ1n) is 9.07. The molecule has 2 rings (SSSR count). The SMILES string of the molecule is CC1CC(C)CN(CC(C)NC(=O)C2(S(C)(=O)=O)CCNCC2)C1.Cl.Cl. The molecule has 0 aromatic rings. The molecule has 0 aliphatic carbocycles. The van der Waals surface area contributed by atoms with Crippen LogP contribution in [0.5, 0.6) is 0 Å².